The first kappa shape index (κ1) is 11.9. The topological polar surface area (TPSA) is 32.7 Å². The van der Waals surface area contributed by atoms with Crippen LogP contribution in [0.2, 0.25) is 0 Å². The average molecular weight is 175 g/mol. The zero-order valence-electron chi connectivity index (χ0n) is 8.63. The van der Waals surface area contributed by atoms with Gasteiger partial charge in [0.2, 0.25) is 0 Å². The van der Waals surface area contributed by atoms with Crippen LogP contribution in [0.4, 0.5) is 0 Å². The van der Waals surface area contributed by atoms with Crippen LogP contribution in [0.15, 0.2) is 0 Å². The molecule has 74 valence electrons. The normalized spacial score (nSPS) is 12.5. The Kier molecular flexibility index (Phi) is 5.46. The van der Waals surface area contributed by atoms with Crippen molar-refractivity contribution in [3.05, 3.63) is 0 Å². The summed E-state index contributed by atoms with van der Waals surface area (Å²) in [5, 5.41) is 8.82. The van der Waals surface area contributed by atoms with E-state index in [9.17, 15) is 0 Å². The van der Waals surface area contributed by atoms with Crippen molar-refractivity contribution in [1.29, 1.82) is 0 Å². The van der Waals surface area contributed by atoms with Gasteiger partial charge < -0.3 is 9.84 Å². The van der Waals surface area contributed by atoms with Crippen LogP contribution in [-0.4, -0.2) is 49.0 Å². The second-order valence-corrected chi connectivity index (χ2v) is 3.87. The Balaban J connectivity index is 3.86. The number of nitrogens with zero attached hydrogens (tertiary/aromatic N) is 1. The first-order valence-electron chi connectivity index (χ1n) is 4.37. The molecule has 0 aliphatic rings. The van der Waals surface area contributed by atoms with Gasteiger partial charge in [-0.3, -0.25) is 4.90 Å². The zero-order chi connectivity index (χ0) is 9.61. The molecule has 0 bridgehead atoms. The third-order valence-electron chi connectivity index (χ3n) is 1.88. The number of ether oxygens (including phenoxy) is 1. The molecule has 3 nitrogen and oxygen atoms in total. The van der Waals surface area contributed by atoms with Crippen molar-refractivity contribution in [1.82, 2.24) is 4.90 Å². The second kappa shape index (κ2) is 5.51. The Morgan fingerprint density at radius 3 is 2.17 bits per heavy atom. The molecule has 0 aromatic rings. The van der Waals surface area contributed by atoms with Crippen molar-refractivity contribution in [2.75, 3.05) is 33.4 Å². The van der Waals surface area contributed by atoms with Gasteiger partial charge in [-0.2, -0.15) is 0 Å². The fourth-order valence-electron chi connectivity index (χ4n) is 1.10. The summed E-state index contributed by atoms with van der Waals surface area (Å²) in [4.78, 5) is 2.20. The van der Waals surface area contributed by atoms with Gasteiger partial charge in [0.25, 0.3) is 0 Å². The number of aliphatic hydroxyl groups is 1. The van der Waals surface area contributed by atoms with E-state index in [1.165, 1.54) is 0 Å². The van der Waals surface area contributed by atoms with Gasteiger partial charge in [-0.05, 0) is 20.8 Å². The number of hydrogen-bond donors (Lipinski definition) is 1. The summed E-state index contributed by atoms with van der Waals surface area (Å²) in [5.74, 6) is 0. The molecule has 0 aliphatic heterocycles. The summed E-state index contributed by atoms with van der Waals surface area (Å²) in [7, 11) is 1.69. The maximum absolute atomic E-state index is 8.82. The summed E-state index contributed by atoms with van der Waals surface area (Å²) >= 11 is 0. The smallest absolute Gasteiger partial charge is 0.0589 e. The fraction of sp³-hybridized carbons (Fsp3) is 1.00. The third-order valence-corrected chi connectivity index (χ3v) is 1.88. The highest BCUT2D eigenvalue weighted by molar-refractivity contribution is 4.75. The van der Waals surface area contributed by atoms with Crippen molar-refractivity contribution < 1.29 is 9.84 Å². The van der Waals surface area contributed by atoms with Crippen LogP contribution in [-0.2, 0) is 4.74 Å². The molecule has 0 saturated carbocycles. The van der Waals surface area contributed by atoms with Gasteiger partial charge in [0.05, 0.1) is 13.2 Å². The fourth-order valence-corrected chi connectivity index (χ4v) is 1.10. The van der Waals surface area contributed by atoms with Gasteiger partial charge in [-0.25, -0.2) is 0 Å². The summed E-state index contributed by atoms with van der Waals surface area (Å²) in [6.45, 7) is 8.93. The predicted molar refractivity (Wildman–Crippen MR) is 50.3 cm³/mol. The molecule has 0 spiro atoms. The molecular formula is C9H21NO2. The lowest BCUT2D eigenvalue weighted by atomic mass is 10.1. The van der Waals surface area contributed by atoms with Crippen molar-refractivity contribution in [3.63, 3.8) is 0 Å². The van der Waals surface area contributed by atoms with E-state index in [1.54, 1.807) is 7.11 Å². The molecule has 1 N–H and O–H groups in total. The molecule has 12 heavy (non-hydrogen) atoms. The monoisotopic (exact) mass is 175 g/mol. The molecule has 3 heteroatoms. The molecule has 0 saturated heterocycles. The average Bonchev–Trinajstić information content (AvgIpc) is 1.95. The molecule has 0 aliphatic carbocycles. The van der Waals surface area contributed by atoms with Gasteiger partial charge in [0.1, 0.15) is 0 Å². The minimum Gasteiger partial charge on any atom is -0.395 e. The van der Waals surface area contributed by atoms with Crippen molar-refractivity contribution in [3.8, 4) is 0 Å². The van der Waals surface area contributed by atoms with Gasteiger partial charge in [0, 0.05) is 25.7 Å². The number of methoxy groups -OCH3 is 1. The molecular weight excluding hydrogens is 154 g/mol. The van der Waals surface area contributed by atoms with Crippen LogP contribution < -0.4 is 0 Å². The van der Waals surface area contributed by atoms with Gasteiger partial charge in [-0.15, -0.1) is 0 Å². The Bertz CT molecular complexity index is 110. The molecule has 0 fully saturated rings. The molecule has 0 atom stereocenters. The summed E-state index contributed by atoms with van der Waals surface area (Å²) < 4.78 is 4.99. The van der Waals surface area contributed by atoms with Crippen LogP contribution in [0.5, 0.6) is 0 Å². The van der Waals surface area contributed by atoms with Crippen molar-refractivity contribution in [2.45, 2.75) is 26.3 Å². The van der Waals surface area contributed by atoms with E-state index in [2.05, 4.69) is 25.7 Å². The predicted octanol–water partition coefficient (Wildman–Crippen LogP) is 0.726. The Morgan fingerprint density at radius 1 is 1.25 bits per heavy atom. The highest BCUT2D eigenvalue weighted by atomic mass is 16.5. The standard InChI is InChI=1S/C9H21NO2/c1-9(2,3)10(5-7-11)6-8-12-4/h11H,5-8H2,1-4H3. The van der Waals surface area contributed by atoms with Gasteiger partial charge >= 0.3 is 0 Å². The van der Waals surface area contributed by atoms with E-state index < -0.39 is 0 Å². The van der Waals surface area contributed by atoms with E-state index in [0.29, 0.717) is 6.54 Å². The summed E-state index contributed by atoms with van der Waals surface area (Å²) in [6.07, 6.45) is 0. The van der Waals surface area contributed by atoms with E-state index in [1.807, 2.05) is 0 Å². The molecule has 0 radical (unpaired) electrons. The molecule has 0 aromatic heterocycles. The number of β-amino-alcohol motifs (C(OH)–C–C–N with tert-alkyl or cyclic N) is 1. The van der Waals surface area contributed by atoms with E-state index in [4.69, 9.17) is 9.84 Å². The third kappa shape index (κ3) is 4.70. The molecule has 0 unspecified atom stereocenters. The highest BCUT2D eigenvalue weighted by Crippen LogP contribution is 2.11. The number of aliphatic hydroxyl groups excluding tert-OH is 1. The summed E-state index contributed by atoms with van der Waals surface area (Å²) in [6, 6.07) is 0. The van der Waals surface area contributed by atoms with Crippen molar-refractivity contribution >= 4 is 0 Å². The maximum atomic E-state index is 8.82. The SMILES string of the molecule is COCCN(CCO)C(C)(C)C. The second-order valence-electron chi connectivity index (χ2n) is 3.87. The number of hydrogen-bond acceptors (Lipinski definition) is 3. The summed E-state index contributed by atoms with van der Waals surface area (Å²) in [5.41, 5.74) is 0.112. The van der Waals surface area contributed by atoms with Crippen LogP contribution in [0.25, 0.3) is 0 Å². The Morgan fingerprint density at radius 2 is 1.83 bits per heavy atom. The van der Waals surface area contributed by atoms with Crippen LogP contribution in [0, 0.1) is 0 Å². The van der Waals surface area contributed by atoms with Crippen LogP contribution in [0.3, 0.4) is 0 Å². The van der Waals surface area contributed by atoms with Crippen LogP contribution >= 0.6 is 0 Å². The molecule has 0 rings (SSSR count). The first-order chi connectivity index (χ1) is 5.52. The van der Waals surface area contributed by atoms with Crippen LogP contribution in [0.1, 0.15) is 20.8 Å². The minimum atomic E-state index is 0.112. The highest BCUT2D eigenvalue weighted by Gasteiger charge is 2.19. The maximum Gasteiger partial charge on any atom is 0.0589 e. The van der Waals surface area contributed by atoms with E-state index in [-0.39, 0.29) is 12.1 Å². The lowest BCUT2D eigenvalue weighted by Crippen LogP contribution is -2.44. The lowest BCUT2D eigenvalue weighted by molar-refractivity contribution is 0.0704. The Labute approximate surface area is 75.3 Å². The van der Waals surface area contributed by atoms with Gasteiger partial charge in [0.15, 0.2) is 0 Å². The largest absolute Gasteiger partial charge is 0.395 e. The van der Waals surface area contributed by atoms with E-state index >= 15 is 0 Å². The van der Waals surface area contributed by atoms with Gasteiger partial charge in [-0.1, -0.05) is 0 Å². The zero-order valence-corrected chi connectivity index (χ0v) is 8.63. The van der Waals surface area contributed by atoms with E-state index in [0.717, 1.165) is 13.2 Å². The molecule has 0 aromatic carbocycles. The number of rotatable bonds is 5. The minimum absolute atomic E-state index is 0.112. The Hall–Kier alpha value is -0.120. The molecule has 0 amide bonds. The quantitative estimate of drug-likeness (QED) is 0.668. The van der Waals surface area contributed by atoms with Crippen molar-refractivity contribution in [2.24, 2.45) is 0 Å². The molecule has 0 heterocycles. The lowest BCUT2D eigenvalue weighted by Gasteiger charge is -2.34. The first-order valence-corrected chi connectivity index (χ1v) is 4.37.